The van der Waals surface area contributed by atoms with Gasteiger partial charge in [-0.1, -0.05) is 41.4 Å². The van der Waals surface area contributed by atoms with Crippen LogP contribution >= 0.6 is 23.2 Å². The molecule has 0 aliphatic rings. The molecule has 25 heavy (non-hydrogen) atoms. The molecule has 130 valence electrons. The highest BCUT2D eigenvalue weighted by Crippen LogP contribution is 2.25. The van der Waals surface area contributed by atoms with Crippen molar-refractivity contribution >= 4 is 35.2 Å². The summed E-state index contributed by atoms with van der Waals surface area (Å²) in [5.74, 6) is -0.688. The molecule has 0 amide bonds. The standard InChI is InChI=1S/C18H17Cl2N3O2/c1-11(2)25-18(24)14(9-21)8-15-12(3)22-23(17(15)20)10-13-6-4-5-7-16(13)19/h4-8,11H,10H2,1-3H3/b14-8+. The number of hydrogen-bond donors (Lipinski definition) is 0. The summed E-state index contributed by atoms with van der Waals surface area (Å²) in [5, 5.41) is 14.5. The van der Waals surface area contributed by atoms with Crippen LogP contribution in [0, 0.1) is 18.3 Å². The first kappa shape index (κ1) is 19.0. The first-order valence-electron chi connectivity index (χ1n) is 7.62. The number of ether oxygens (including phenoxy) is 1. The largest absolute Gasteiger partial charge is 0.459 e. The Kier molecular flexibility index (Phi) is 6.24. The Morgan fingerprint density at radius 1 is 1.40 bits per heavy atom. The number of nitrogens with zero attached hydrogens (tertiary/aromatic N) is 3. The molecule has 2 rings (SSSR count). The van der Waals surface area contributed by atoms with Gasteiger partial charge in [0.05, 0.1) is 18.3 Å². The quantitative estimate of drug-likeness (QED) is 0.439. The van der Waals surface area contributed by atoms with Gasteiger partial charge in [-0.15, -0.1) is 0 Å². The van der Waals surface area contributed by atoms with Crippen LogP contribution < -0.4 is 0 Å². The molecule has 0 N–H and O–H groups in total. The van der Waals surface area contributed by atoms with Gasteiger partial charge in [0, 0.05) is 10.6 Å². The van der Waals surface area contributed by atoms with Gasteiger partial charge in [-0.2, -0.15) is 10.4 Å². The smallest absolute Gasteiger partial charge is 0.349 e. The fraction of sp³-hybridized carbons (Fsp3) is 0.278. The van der Waals surface area contributed by atoms with Crippen molar-refractivity contribution in [1.82, 2.24) is 9.78 Å². The molecule has 0 aliphatic carbocycles. The van der Waals surface area contributed by atoms with Crippen LogP contribution in [0.25, 0.3) is 6.08 Å². The van der Waals surface area contributed by atoms with Gasteiger partial charge in [0.25, 0.3) is 0 Å². The average Bonchev–Trinajstić information content (AvgIpc) is 2.80. The maximum atomic E-state index is 12.0. The lowest BCUT2D eigenvalue weighted by Crippen LogP contribution is -2.12. The fourth-order valence-corrected chi connectivity index (χ4v) is 2.67. The summed E-state index contributed by atoms with van der Waals surface area (Å²) < 4.78 is 6.63. The number of hydrogen-bond acceptors (Lipinski definition) is 4. The number of rotatable bonds is 5. The Labute approximate surface area is 156 Å². The van der Waals surface area contributed by atoms with Crippen LogP contribution in [0.3, 0.4) is 0 Å². The van der Waals surface area contributed by atoms with Gasteiger partial charge in [0.2, 0.25) is 0 Å². The third-order valence-corrected chi connectivity index (χ3v) is 4.13. The molecule has 0 atom stereocenters. The maximum Gasteiger partial charge on any atom is 0.349 e. The van der Waals surface area contributed by atoms with Crippen molar-refractivity contribution in [3.05, 3.63) is 56.8 Å². The van der Waals surface area contributed by atoms with E-state index in [1.165, 1.54) is 6.08 Å². The number of aryl methyl sites for hydroxylation is 1. The van der Waals surface area contributed by atoms with Crippen molar-refractivity contribution in [2.45, 2.75) is 33.4 Å². The molecule has 0 aliphatic heterocycles. The molecule has 0 spiro atoms. The van der Waals surface area contributed by atoms with E-state index >= 15 is 0 Å². The van der Waals surface area contributed by atoms with Crippen LogP contribution in [0.2, 0.25) is 10.2 Å². The van der Waals surface area contributed by atoms with E-state index in [0.29, 0.717) is 28.0 Å². The number of nitriles is 1. The van der Waals surface area contributed by atoms with E-state index in [2.05, 4.69) is 5.10 Å². The molecule has 2 aromatic rings. The van der Waals surface area contributed by atoms with Gasteiger partial charge in [0.15, 0.2) is 0 Å². The van der Waals surface area contributed by atoms with Gasteiger partial charge >= 0.3 is 5.97 Å². The normalized spacial score (nSPS) is 11.5. The molecule has 0 radical (unpaired) electrons. The van der Waals surface area contributed by atoms with E-state index in [-0.39, 0.29) is 11.7 Å². The van der Waals surface area contributed by atoms with Crippen molar-refractivity contribution in [2.24, 2.45) is 0 Å². The van der Waals surface area contributed by atoms with Crippen LogP contribution in [0.15, 0.2) is 29.8 Å². The van der Waals surface area contributed by atoms with Gasteiger partial charge < -0.3 is 4.74 Å². The molecule has 0 saturated heterocycles. The van der Waals surface area contributed by atoms with Crippen molar-refractivity contribution in [1.29, 1.82) is 5.26 Å². The van der Waals surface area contributed by atoms with E-state index in [1.54, 1.807) is 31.5 Å². The molecule has 0 saturated carbocycles. The first-order chi connectivity index (χ1) is 11.8. The highest BCUT2D eigenvalue weighted by molar-refractivity contribution is 6.32. The van der Waals surface area contributed by atoms with Crippen LogP contribution in [-0.4, -0.2) is 21.9 Å². The third kappa shape index (κ3) is 4.62. The summed E-state index contributed by atoms with van der Waals surface area (Å²) >= 11 is 12.6. The van der Waals surface area contributed by atoms with Crippen LogP contribution in [0.5, 0.6) is 0 Å². The van der Waals surface area contributed by atoms with E-state index in [9.17, 15) is 10.1 Å². The van der Waals surface area contributed by atoms with Gasteiger partial charge in [-0.3, -0.25) is 0 Å². The molecule has 5 nitrogen and oxygen atoms in total. The van der Waals surface area contributed by atoms with E-state index < -0.39 is 5.97 Å². The second-order valence-corrected chi connectivity index (χ2v) is 6.43. The first-order valence-corrected chi connectivity index (χ1v) is 8.38. The van der Waals surface area contributed by atoms with Crippen LogP contribution in [0.1, 0.15) is 30.7 Å². The highest BCUT2D eigenvalue weighted by Gasteiger charge is 2.18. The van der Waals surface area contributed by atoms with Crippen molar-refractivity contribution in [3.8, 4) is 6.07 Å². The molecule has 1 heterocycles. The Bertz CT molecular complexity index is 864. The lowest BCUT2D eigenvalue weighted by atomic mass is 10.1. The number of carbonyl (C=O) groups excluding carboxylic acids is 1. The Morgan fingerprint density at radius 2 is 2.08 bits per heavy atom. The average molecular weight is 378 g/mol. The monoisotopic (exact) mass is 377 g/mol. The highest BCUT2D eigenvalue weighted by atomic mass is 35.5. The topological polar surface area (TPSA) is 67.9 Å². The van der Waals surface area contributed by atoms with E-state index in [4.69, 9.17) is 27.9 Å². The number of carbonyl (C=O) groups is 1. The summed E-state index contributed by atoms with van der Waals surface area (Å²) in [7, 11) is 0. The molecule has 1 aromatic heterocycles. The lowest BCUT2D eigenvalue weighted by molar-refractivity contribution is -0.142. The summed E-state index contributed by atoms with van der Waals surface area (Å²) in [6.45, 7) is 5.56. The van der Waals surface area contributed by atoms with Gasteiger partial charge in [-0.25, -0.2) is 9.48 Å². The Balaban J connectivity index is 2.36. The van der Waals surface area contributed by atoms with Crippen LogP contribution in [-0.2, 0) is 16.1 Å². The third-order valence-electron chi connectivity index (χ3n) is 3.36. The lowest BCUT2D eigenvalue weighted by Gasteiger charge is -2.07. The van der Waals surface area contributed by atoms with E-state index in [1.807, 2.05) is 24.3 Å². The molecular formula is C18H17Cl2N3O2. The number of esters is 1. The summed E-state index contributed by atoms with van der Waals surface area (Å²) in [6.07, 6.45) is 1.09. The van der Waals surface area contributed by atoms with Gasteiger partial charge in [0.1, 0.15) is 16.8 Å². The Hall–Kier alpha value is -2.29. The molecule has 0 fully saturated rings. The zero-order valence-electron chi connectivity index (χ0n) is 14.1. The maximum absolute atomic E-state index is 12.0. The molecule has 7 heteroatoms. The minimum absolute atomic E-state index is 0.129. The predicted octanol–water partition coefficient (Wildman–Crippen LogP) is 4.41. The molecular weight excluding hydrogens is 361 g/mol. The minimum atomic E-state index is -0.688. The predicted molar refractivity (Wildman–Crippen MR) is 97.3 cm³/mol. The number of halogens is 2. The number of benzene rings is 1. The zero-order chi connectivity index (χ0) is 18.6. The van der Waals surface area contributed by atoms with Gasteiger partial charge in [-0.05, 0) is 38.5 Å². The molecule has 0 bridgehead atoms. The second kappa shape index (κ2) is 8.19. The van der Waals surface area contributed by atoms with Crippen molar-refractivity contribution < 1.29 is 9.53 Å². The molecule has 1 aromatic carbocycles. The summed E-state index contributed by atoms with van der Waals surface area (Å²) in [5.41, 5.74) is 1.84. The number of aromatic nitrogens is 2. The SMILES string of the molecule is Cc1nn(Cc2ccccc2Cl)c(Cl)c1/C=C(\C#N)C(=O)OC(C)C. The minimum Gasteiger partial charge on any atom is -0.459 e. The second-order valence-electron chi connectivity index (χ2n) is 5.66. The van der Waals surface area contributed by atoms with Crippen molar-refractivity contribution in [3.63, 3.8) is 0 Å². The fourth-order valence-electron chi connectivity index (χ4n) is 2.18. The summed E-state index contributed by atoms with van der Waals surface area (Å²) in [6, 6.07) is 9.24. The Morgan fingerprint density at radius 3 is 2.68 bits per heavy atom. The van der Waals surface area contributed by atoms with Crippen LogP contribution in [0.4, 0.5) is 0 Å². The zero-order valence-corrected chi connectivity index (χ0v) is 15.6. The van der Waals surface area contributed by atoms with E-state index in [0.717, 1.165) is 5.56 Å². The van der Waals surface area contributed by atoms with Crippen molar-refractivity contribution in [2.75, 3.05) is 0 Å². The molecule has 0 unspecified atom stereocenters. The summed E-state index contributed by atoms with van der Waals surface area (Å²) in [4.78, 5) is 12.0.